The summed E-state index contributed by atoms with van der Waals surface area (Å²) < 4.78 is 14.9. The van der Waals surface area contributed by atoms with Gasteiger partial charge in [-0.3, -0.25) is 0 Å². The Morgan fingerprint density at radius 3 is 2.94 bits per heavy atom. The number of aromatic nitrogens is 3. The summed E-state index contributed by atoms with van der Waals surface area (Å²) in [6.45, 7) is 3.72. The molecule has 1 N–H and O–H groups in total. The number of aryl methyl sites for hydroxylation is 1. The van der Waals surface area contributed by atoms with E-state index in [2.05, 4.69) is 10.3 Å². The first-order valence-electron chi connectivity index (χ1n) is 5.48. The molecule has 0 aliphatic carbocycles. The predicted octanol–water partition coefficient (Wildman–Crippen LogP) is 2.16. The first kappa shape index (κ1) is 11.7. The topological polar surface area (TPSA) is 50.9 Å². The molecule has 0 spiro atoms. The smallest absolute Gasteiger partial charge is 0.148 e. The molecule has 0 amide bonds. The number of rotatable bonds is 3. The molecule has 17 heavy (non-hydrogen) atoms. The predicted molar refractivity (Wildman–Crippen MR) is 61.3 cm³/mol. The lowest BCUT2D eigenvalue weighted by Gasteiger charge is -2.03. The summed E-state index contributed by atoms with van der Waals surface area (Å²) in [5, 5.41) is 17.3. The van der Waals surface area contributed by atoms with Gasteiger partial charge in [-0.1, -0.05) is 18.2 Å². The van der Waals surface area contributed by atoms with Crippen LogP contribution < -0.4 is 0 Å². The fourth-order valence-electron chi connectivity index (χ4n) is 1.55. The largest absolute Gasteiger partial charge is 0.387 e. The second kappa shape index (κ2) is 4.63. The highest BCUT2D eigenvalue weighted by atomic mass is 19.1. The van der Waals surface area contributed by atoms with Crippen LogP contribution >= 0.6 is 0 Å². The van der Waals surface area contributed by atoms with Gasteiger partial charge in [-0.2, -0.15) is 0 Å². The Labute approximate surface area is 98.7 Å². The molecule has 2 rings (SSSR count). The van der Waals surface area contributed by atoms with Crippen molar-refractivity contribution < 1.29 is 9.50 Å². The van der Waals surface area contributed by atoms with Crippen LogP contribution in [0.2, 0.25) is 0 Å². The van der Waals surface area contributed by atoms with Crippen LogP contribution in [0.3, 0.4) is 0 Å². The molecule has 0 aliphatic heterocycles. The molecular weight excluding hydrogens is 221 g/mol. The molecule has 0 radical (unpaired) electrons. The Balaban J connectivity index is 2.40. The normalized spacial score (nSPS) is 12.7. The zero-order valence-electron chi connectivity index (χ0n) is 9.76. The lowest BCUT2D eigenvalue weighted by Crippen LogP contribution is -1.99. The molecule has 0 fully saturated rings. The maximum atomic E-state index is 13.6. The number of nitrogens with zero attached hydrogens (tertiary/aromatic N) is 3. The van der Waals surface area contributed by atoms with Crippen LogP contribution in [0.5, 0.6) is 0 Å². The maximum absolute atomic E-state index is 13.6. The Morgan fingerprint density at radius 1 is 1.47 bits per heavy atom. The van der Waals surface area contributed by atoms with Crippen molar-refractivity contribution in [2.75, 3.05) is 0 Å². The summed E-state index contributed by atoms with van der Waals surface area (Å²) in [5.74, 6) is -0.363. The van der Waals surface area contributed by atoms with Gasteiger partial charge in [0, 0.05) is 0 Å². The first-order chi connectivity index (χ1) is 8.11. The highest BCUT2D eigenvalue weighted by molar-refractivity contribution is 5.36. The van der Waals surface area contributed by atoms with Crippen LogP contribution in [-0.4, -0.2) is 20.1 Å². The number of benzene rings is 1. The molecule has 5 heteroatoms. The SMILES string of the molecule is CCC(O)c1cn(-c2cc(C)ccc2F)nn1. The summed E-state index contributed by atoms with van der Waals surface area (Å²) in [5.41, 5.74) is 1.73. The molecule has 0 aliphatic rings. The van der Waals surface area contributed by atoms with E-state index in [0.717, 1.165) is 5.56 Å². The summed E-state index contributed by atoms with van der Waals surface area (Å²) in [4.78, 5) is 0. The van der Waals surface area contributed by atoms with Crippen molar-refractivity contribution in [2.45, 2.75) is 26.4 Å². The third-order valence-electron chi connectivity index (χ3n) is 2.59. The van der Waals surface area contributed by atoms with Crippen molar-refractivity contribution in [1.29, 1.82) is 0 Å². The molecule has 1 unspecified atom stereocenters. The van der Waals surface area contributed by atoms with Crippen LogP contribution in [0.15, 0.2) is 24.4 Å². The van der Waals surface area contributed by atoms with Gasteiger partial charge in [0.05, 0.1) is 12.3 Å². The average molecular weight is 235 g/mol. The highest BCUT2D eigenvalue weighted by Gasteiger charge is 2.12. The lowest BCUT2D eigenvalue weighted by molar-refractivity contribution is 0.169. The molecule has 0 saturated heterocycles. The maximum Gasteiger partial charge on any atom is 0.148 e. The van der Waals surface area contributed by atoms with E-state index >= 15 is 0 Å². The van der Waals surface area contributed by atoms with Crippen molar-refractivity contribution >= 4 is 0 Å². The monoisotopic (exact) mass is 235 g/mol. The zero-order chi connectivity index (χ0) is 12.4. The van der Waals surface area contributed by atoms with Crippen LogP contribution in [0.1, 0.15) is 30.7 Å². The Bertz CT molecular complexity index is 524. The Kier molecular flexibility index (Phi) is 3.19. The van der Waals surface area contributed by atoms with Gasteiger partial charge in [0.15, 0.2) is 0 Å². The van der Waals surface area contributed by atoms with Crippen LogP contribution in [-0.2, 0) is 0 Å². The third-order valence-corrected chi connectivity index (χ3v) is 2.59. The van der Waals surface area contributed by atoms with Gasteiger partial charge in [0.25, 0.3) is 0 Å². The second-order valence-electron chi connectivity index (χ2n) is 3.97. The second-order valence-corrected chi connectivity index (χ2v) is 3.97. The van der Waals surface area contributed by atoms with Crippen molar-refractivity contribution in [3.05, 3.63) is 41.5 Å². The van der Waals surface area contributed by atoms with Gasteiger partial charge >= 0.3 is 0 Å². The van der Waals surface area contributed by atoms with E-state index in [-0.39, 0.29) is 5.82 Å². The minimum Gasteiger partial charge on any atom is -0.387 e. The standard InChI is InChI=1S/C12H14FN3O/c1-3-12(17)10-7-16(15-14-10)11-6-8(2)4-5-9(11)13/h4-7,12,17H,3H2,1-2H3. The van der Waals surface area contributed by atoms with E-state index in [9.17, 15) is 9.50 Å². The highest BCUT2D eigenvalue weighted by Crippen LogP contribution is 2.17. The number of aliphatic hydroxyl groups excluding tert-OH is 1. The number of hydrogen-bond donors (Lipinski definition) is 1. The molecule has 1 atom stereocenters. The summed E-state index contributed by atoms with van der Waals surface area (Å²) in [7, 11) is 0. The quantitative estimate of drug-likeness (QED) is 0.886. The van der Waals surface area contributed by atoms with E-state index in [0.29, 0.717) is 17.8 Å². The minimum atomic E-state index is -0.656. The van der Waals surface area contributed by atoms with E-state index in [4.69, 9.17) is 0 Å². The van der Waals surface area contributed by atoms with Crippen molar-refractivity contribution in [1.82, 2.24) is 15.0 Å². The van der Waals surface area contributed by atoms with Crippen LogP contribution in [0.4, 0.5) is 4.39 Å². The van der Waals surface area contributed by atoms with E-state index in [1.165, 1.54) is 10.7 Å². The molecular formula is C12H14FN3O. The van der Waals surface area contributed by atoms with Crippen LogP contribution in [0, 0.1) is 12.7 Å². The Morgan fingerprint density at radius 2 is 2.24 bits per heavy atom. The molecule has 1 aromatic carbocycles. The van der Waals surface area contributed by atoms with Gasteiger partial charge in [-0.15, -0.1) is 5.10 Å². The molecule has 2 aromatic rings. The van der Waals surface area contributed by atoms with Gasteiger partial charge in [0.1, 0.15) is 17.2 Å². The van der Waals surface area contributed by atoms with E-state index in [1.54, 1.807) is 18.3 Å². The molecule has 4 nitrogen and oxygen atoms in total. The average Bonchev–Trinajstić information content (AvgIpc) is 2.80. The van der Waals surface area contributed by atoms with Crippen molar-refractivity contribution in [3.63, 3.8) is 0 Å². The fourth-order valence-corrected chi connectivity index (χ4v) is 1.55. The lowest BCUT2D eigenvalue weighted by atomic mass is 10.2. The van der Waals surface area contributed by atoms with E-state index in [1.807, 2.05) is 13.8 Å². The summed E-state index contributed by atoms with van der Waals surface area (Å²) in [6, 6.07) is 4.77. The van der Waals surface area contributed by atoms with Gasteiger partial charge in [-0.05, 0) is 31.0 Å². The molecule has 0 saturated carbocycles. The third kappa shape index (κ3) is 2.34. The first-order valence-corrected chi connectivity index (χ1v) is 5.48. The van der Waals surface area contributed by atoms with Gasteiger partial charge in [-0.25, -0.2) is 9.07 Å². The van der Waals surface area contributed by atoms with E-state index < -0.39 is 6.10 Å². The van der Waals surface area contributed by atoms with Crippen molar-refractivity contribution in [2.24, 2.45) is 0 Å². The molecule has 1 heterocycles. The van der Waals surface area contributed by atoms with Gasteiger partial charge < -0.3 is 5.11 Å². The summed E-state index contributed by atoms with van der Waals surface area (Å²) in [6.07, 6.45) is 1.44. The number of aliphatic hydroxyl groups is 1. The van der Waals surface area contributed by atoms with Gasteiger partial charge in [0.2, 0.25) is 0 Å². The minimum absolute atomic E-state index is 0.340. The van der Waals surface area contributed by atoms with Crippen molar-refractivity contribution in [3.8, 4) is 5.69 Å². The Hall–Kier alpha value is -1.75. The fraction of sp³-hybridized carbons (Fsp3) is 0.333. The van der Waals surface area contributed by atoms with Crippen LogP contribution in [0.25, 0.3) is 5.69 Å². The molecule has 0 bridgehead atoms. The number of halogens is 1. The summed E-state index contributed by atoms with van der Waals surface area (Å²) >= 11 is 0. The zero-order valence-corrected chi connectivity index (χ0v) is 9.76. The molecule has 1 aromatic heterocycles. The number of hydrogen-bond acceptors (Lipinski definition) is 3. The molecule has 90 valence electrons.